The Balaban J connectivity index is 4.96. The minimum absolute atomic E-state index is 0.0312. The van der Waals surface area contributed by atoms with E-state index in [1.165, 1.54) is 0 Å². The second-order valence-electron chi connectivity index (χ2n) is 2.46. The molecular weight excluding hydrogens is 202 g/mol. The zero-order chi connectivity index (χ0) is 10.9. The molecule has 0 aliphatic carbocycles. The molecule has 0 fully saturated rings. The normalized spacial score (nSPS) is 14.8. The van der Waals surface area contributed by atoms with Crippen LogP contribution in [0.3, 0.4) is 0 Å². The molecule has 0 aliphatic heterocycles. The van der Waals surface area contributed by atoms with Crippen LogP contribution in [0.1, 0.15) is 13.8 Å². The van der Waals surface area contributed by atoms with Gasteiger partial charge in [0.25, 0.3) is 5.60 Å². The molecule has 80 valence electrons. The average Bonchev–Trinajstić information content (AvgIpc) is 1.82. The van der Waals surface area contributed by atoms with Crippen molar-refractivity contribution in [2.45, 2.75) is 31.8 Å². The van der Waals surface area contributed by atoms with E-state index in [-0.39, 0.29) is 6.92 Å². The van der Waals surface area contributed by atoms with Gasteiger partial charge >= 0.3 is 12.4 Å². The predicted molar refractivity (Wildman–Crippen MR) is 32.1 cm³/mol. The molecule has 0 aromatic heterocycles. The predicted octanol–water partition coefficient (Wildman–Crippen LogP) is 2.91. The Morgan fingerprint density at radius 2 is 1.23 bits per heavy atom. The summed E-state index contributed by atoms with van der Waals surface area (Å²) >= 11 is 0. The van der Waals surface area contributed by atoms with Crippen LogP contribution >= 0.6 is 0 Å². The standard InChI is InChI=1S/C6H8F6O/c1-3-13-4(2,5(7,8)9)6(10,11)12/h3H2,1-2H3. The summed E-state index contributed by atoms with van der Waals surface area (Å²) in [4.78, 5) is 0. The highest BCUT2D eigenvalue weighted by Crippen LogP contribution is 2.45. The highest BCUT2D eigenvalue weighted by molar-refractivity contribution is 4.91. The lowest BCUT2D eigenvalue weighted by Gasteiger charge is -2.33. The van der Waals surface area contributed by atoms with Gasteiger partial charge in [-0.15, -0.1) is 0 Å². The Kier molecular flexibility index (Phi) is 3.24. The molecule has 0 spiro atoms. The molecule has 0 N–H and O–H groups in total. The lowest BCUT2D eigenvalue weighted by atomic mass is 10.1. The Morgan fingerprint density at radius 1 is 0.923 bits per heavy atom. The van der Waals surface area contributed by atoms with Crippen molar-refractivity contribution in [3.05, 3.63) is 0 Å². The zero-order valence-electron chi connectivity index (χ0n) is 6.88. The number of hydrogen-bond donors (Lipinski definition) is 0. The van der Waals surface area contributed by atoms with E-state index in [9.17, 15) is 26.3 Å². The van der Waals surface area contributed by atoms with E-state index in [0.717, 1.165) is 6.92 Å². The van der Waals surface area contributed by atoms with Crippen molar-refractivity contribution in [3.63, 3.8) is 0 Å². The lowest BCUT2D eigenvalue weighted by Crippen LogP contribution is -2.56. The SMILES string of the molecule is CCOC(C)(C(F)(F)F)C(F)(F)F. The Hall–Kier alpha value is -0.460. The smallest absolute Gasteiger partial charge is 0.359 e. The van der Waals surface area contributed by atoms with E-state index < -0.39 is 24.6 Å². The van der Waals surface area contributed by atoms with Crippen LogP contribution in [-0.2, 0) is 4.74 Å². The van der Waals surface area contributed by atoms with Gasteiger partial charge in [0, 0.05) is 6.61 Å². The maximum Gasteiger partial charge on any atom is 0.426 e. The number of halogens is 6. The Labute approximate surface area is 70.7 Å². The molecule has 0 amide bonds. The second kappa shape index (κ2) is 3.36. The minimum atomic E-state index is -5.46. The van der Waals surface area contributed by atoms with Crippen LogP contribution in [0.5, 0.6) is 0 Å². The molecule has 0 aromatic carbocycles. The van der Waals surface area contributed by atoms with Crippen LogP contribution in [0.15, 0.2) is 0 Å². The van der Waals surface area contributed by atoms with Gasteiger partial charge in [-0.2, -0.15) is 26.3 Å². The fourth-order valence-corrected chi connectivity index (χ4v) is 0.613. The third-order valence-electron chi connectivity index (χ3n) is 1.51. The van der Waals surface area contributed by atoms with Crippen LogP contribution in [0.25, 0.3) is 0 Å². The Bertz CT molecular complexity index is 155. The third kappa shape index (κ3) is 2.26. The van der Waals surface area contributed by atoms with Gasteiger partial charge in [0.05, 0.1) is 0 Å². The first-order valence-corrected chi connectivity index (χ1v) is 3.33. The molecule has 0 saturated carbocycles. The van der Waals surface area contributed by atoms with Crippen LogP contribution in [0.2, 0.25) is 0 Å². The maximum absolute atomic E-state index is 11.9. The second-order valence-corrected chi connectivity index (χ2v) is 2.46. The first-order chi connectivity index (χ1) is 5.56. The number of alkyl halides is 6. The zero-order valence-corrected chi connectivity index (χ0v) is 6.88. The van der Waals surface area contributed by atoms with Gasteiger partial charge in [-0.25, -0.2) is 0 Å². The van der Waals surface area contributed by atoms with Crippen LogP contribution in [0.4, 0.5) is 26.3 Å². The van der Waals surface area contributed by atoms with Crippen LogP contribution in [0, 0.1) is 0 Å². The molecule has 0 saturated heterocycles. The molecule has 13 heavy (non-hydrogen) atoms. The summed E-state index contributed by atoms with van der Waals surface area (Å²) in [5.74, 6) is 0. The van der Waals surface area contributed by atoms with Gasteiger partial charge in [0.15, 0.2) is 0 Å². The van der Waals surface area contributed by atoms with Gasteiger partial charge in [-0.1, -0.05) is 0 Å². The van der Waals surface area contributed by atoms with Crippen molar-refractivity contribution in [1.29, 1.82) is 0 Å². The van der Waals surface area contributed by atoms with E-state index in [4.69, 9.17) is 0 Å². The summed E-state index contributed by atoms with van der Waals surface area (Å²) in [5, 5.41) is 0. The van der Waals surface area contributed by atoms with E-state index in [0.29, 0.717) is 0 Å². The van der Waals surface area contributed by atoms with Crippen molar-refractivity contribution in [2.24, 2.45) is 0 Å². The minimum Gasteiger partial charge on any atom is -0.359 e. The third-order valence-corrected chi connectivity index (χ3v) is 1.51. The fourth-order valence-electron chi connectivity index (χ4n) is 0.613. The highest BCUT2D eigenvalue weighted by atomic mass is 19.4. The van der Waals surface area contributed by atoms with Crippen LogP contribution < -0.4 is 0 Å². The summed E-state index contributed by atoms with van der Waals surface area (Å²) in [6.45, 7) is 0.377. The molecule has 7 heteroatoms. The van der Waals surface area contributed by atoms with Gasteiger partial charge in [0.2, 0.25) is 0 Å². The quantitative estimate of drug-likeness (QED) is 0.636. The number of ether oxygens (including phenoxy) is 1. The maximum atomic E-state index is 11.9. The summed E-state index contributed by atoms with van der Waals surface area (Å²) in [5.41, 5.74) is -4.07. The molecule has 0 aromatic rings. The molecule has 0 radical (unpaired) electrons. The van der Waals surface area contributed by atoms with Crippen molar-refractivity contribution >= 4 is 0 Å². The molecule has 1 nitrogen and oxygen atoms in total. The first-order valence-electron chi connectivity index (χ1n) is 3.33. The van der Waals surface area contributed by atoms with E-state index in [1.54, 1.807) is 0 Å². The molecule has 0 rings (SSSR count). The van der Waals surface area contributed by atoms with Gasteiger partial charge in [-0.3, -0.25) is 0 Å². The molecule has 0 aliphatic rings. The molecular formula is C6H8F6O. The largest absolute Gasteiger partial charge is 0.426 e. The molecule has 0 atom stereocenters. The average molecular weight is 210 g/mol. The number of rotatable bonds is 2. The summed E-state index contributed by atoms with van der Waals surface area (Å²) in [7, 11) is 0. The van der Waals surface area contributed by atoms with Crippen LogP contribution in [-0.4, -0.2) is 24.6 Å². The molecule has 0 bridgehead atoms. The van der Waals surface area contributed by atoms with Crippen molar-refractivity contribution in [2.75, 3.05) is 6.61 Å². The van der Waals surface area contributed by atoms with Gasteiger partial charge in [-0.05, 0) is 13.8 Å². The number of hydrogen-bond acceptors (Lipinski definition) is 1. The van der Waals surface area contributed by atoms with Gasteiger partial charge < -0.3 is 4.74 Å². The molecule has 0 heterocycles. The monoisotopic (exact) mass is 210 g/mol. The van der Waals surface area contributed by atoms with Crippen molar-refractivity contribution in [3.8, 4) is 0 Å². The van der Waals surface area contributed by atoms with E-state index >= 15 is 0 Å². The summed E-state index contributed by atoms with van der Waals surface area (Å²) < 4.78 is 75.4. The topological polar surface area (TPSA) is 9.23 Å². The van der Waals surface area contributed by atoms with Gasteiger partial charge in [0.1, 0.15) is 0 Å². The van der Waals surface area contributed by atoms with Crippen molar-refractivity contribution in [1.82, 2.24) is 0 Å². The lowest BCUT2D eigenvalue weighted by molar-refractivity contribution is -0.373. The first kappa shape index (κ1) is 12.5. The fraction of sp³-hybridized carbons (Fsp3) is 1.00. The highest BCUT2D eigenvalue weighted by Gasteiger charge is 2.68. The van der Waals surface area contributed by atoms with E-state index in [2.05, 4.69) is 4.74 Å². The molecule has 0 unspecified atom stereocenters. The summed E-state index contributed by atoms with van der Waals surface area (Å²) in [6.07, 6.45) is -10.9. The summed E-state index contributed by atoms with van der Waals surface area (Å²) in [6, 6.07) is 0. The Morgan fingerprint density at radius 3 is 1.31 bits per heavy atom. The van der Waals surface area contributed by atoms with Crippen molar-refractivity contribution < 1.29 is 31.1 Å². The van der Waals surface area contributed by atoms with E-state index in [1.807, 2.05) is 0 Å².